The molecule has 7 heteroatoms. The normalized spacial score (nSPS) is 10.8. The summed E-state index contributed by atoms with van der Waals surface area (Å²) in [6.07, 6.45) is 5.39. The molecule has 0 bridgehead atoms. The molecule has 0 aliphatic rings. The molecule has 0 spiro atoms. The zero-order chi connectivity index (χ0) is 17.1. The van der Waals surface area contributed by atoms with Gasteiger partial charge in [0.1, 0.15) is 4.88 Å². The van der Waals surface area contributed by atoms with Gasteiger partial charge >= 0.3 is 5.97 Å². The number of imidazole rings is 1. The monoisotopic (exact) mass is 343 g/mol. The van der Waals surface area contributed by atoms with E-state index in [1.165, 1.54) is 18.4 Å². The van der Waals surface area contributed by atoms with E-state index in [9.17, 15) is 9.59 Å². The van der Waals surface area contributed by atoms with E-state index >= 15 is 0 Å². The molecule has 0 aliphatic carbocycles. The van der Waals surface area contributed by atoms with Gasteiger partial charge in [0, 0.05) is 30.8 Å². The highest BCUT2D eigenvalue weighted by Crippen LogP contribution is 2.25. The molecule has 0 radical (unpaired) electrons. The molecule has 3 rings (SSSR count). The molecule has 1 aromatic carbocycles. The van der Waals surface area contributed by atoms with Gasteiger partial charge in [0.15, 0.2) is 4.96 Å². The first-order chi connectivity index (χ1) is 11.6. The molecule has 1 amide bonds. The smallest absolute Gasteiger partial charge is 0.307 e. The summed E-state index contributed by atoms with van der Waals surface area (Å²) in [4.78, 5) is 31.7. The van der Waals surface area contributed by atoms with Crippen LogP contribution in [0.4, 0.5) is 5.69 Å². The number of ether oxygens (including phenoxy) is 1. The number of hydrogen-bond donors (Lipinski definition) is 0. The highest BCUT2D eigenvalue weighted by Gasteiger charge is 2.22. The number of aromatic nitrogens is 2. The number of para-hydroxylation sites is 1. The Hall–Kier alpha value is -2.67. The first-order valence-corrected chi connectivity index (χ1v) is 8.28. The maximum atomic E-state index is 13.0. The van der Waals surface area contributed by atoms with Gasteiger partial charge < -0.3 is 9.64 Å². The van der Waals surface area contributed by atoms with Crippen LogP contribution in [0.5, 0.6) is 0 Å². The van der Waals surface area contributed by atoms with Crippen molar-refractivity contribution < 1.29 is 14.3 Å². The summed E-state index contributed by atoms with van der Waals surface area (Å²) in [6, 6.07) is 7.61. The van der Waals surface area contributed by atoms with Crippen LogP contribution in [0, 0.1) is 6.92 Å². The number of carbonyl (C=O) groups is 2. The second-order valence-corrected chi connectivity index (χ2v) is 6.29. The van der Waals surface area contributed by atoms with Crippen LogP contribution >= 0.6 is 11.3 Å². The number of fused-ring (bicyclic) bond motifs is 1. The Labute approximate surface area is 143 Å². The lowest BCUT2D eigenvalue weighted by atomic mass is 10.1. The Morgan fingerprint density at radius 2 is 2.12 bits per heavy atom. The number of esters is 1. The minimum Gasteiger partial charge on any atom is -0.469 e. The number of benzene rings is 1. The van der Waals surface area contributed by atoms with E-state index in [1.54, 1.807) is 23.5 Å². The van der Waals surface area contributed by atoms with Crippen LogP contribution in [-0.4, -0.2) is 34.9 Å². The van der Waals surface area contributed by atoms with Crippen LogP contribution in [-0.2, 0) is 9.53 Å². The fourth-order valence-electron chi connectivity index (χ4n) is 2.46. The molecule has 0 atom stereocenters. The number of amides is 1. The molecular weight excluding hydrogens is 326 g/mol. The quantitative estimate of drug-likeness (QED) is 0.668. The van der Waals surface area contributed by atoms with Crippen LogP contribution in [0.3, 0.4) is 0 Å². The summed E-state index contributed by atoms with van der Waals surface area (Å²) >= 11 is 1.33. The van der Waals surface area contributed by atoms with Crippen LogP contribution < -0.4 is 4.90 Å². The summed E-state index contributed by atoms with van der Waals surface area (Å²) in [6.45, 7) is 2.20. The molecule has 2 heterocycles. The molecule has 0 aliphatic heterocycles. The van der Waals surface area contributed by atoms with E-state index < -0.39 is 0 Å². The van der Waals surface area contributed by atoms with Crippen molar-refractivity contribution in [2.24, 2.45) is 0 Å². The molecule has 0 saturated carbocycles. The zero-order valence-corrected chi connectivity index (χ0v) is 14.2. The lowest BCUT2D eigenvalue weighted by molar-refractivity contribution is -0.140. The topological polar surface area (TPSA) is 63.9 Å². The number of aryl methyl sites for hydroxylation is 1. The third-order valence-corrected chi connectivity index (χ3v) is 4.72. The number of methoxy groups -OCH3 is 1. The van der Waals surface area contributed by atoms with E-state index in [0.717, 1.165) is 16.2 Å². The number of hydrogen-bond acceptors (Lipinski definition) is 5. The van der Waals surface area contributed by atoms with Crippen molar-refractivity contribution in [2.75, 3.05) is 18.6 Å². The van der Waals surface area contributed by atoms with Crippen molar-refractivity contribution in [3.8, 4) is 0 Å². The summed E-state index contributed by atoms with van der Waals surface area (Å²) < 4.78 is 6.51. The van der Waals surface area contributed by atoms with Gasteiger partial charge in [0.05, 0.1) is 13.5 Å². The number of thiazole rings is 1. The van der Waals surface area contributed by atoms with E-state index in [1.807, 2.05) is 35.6 Å². The van der Waals surface area contributed by atoms with Crippen LogP contribution in [0.15, 0.2) is 42.9 Å². The number of nitrogens with zero attached hydrogens (tertiary/aromatic N) is 3. The molecule has 6 nitrogen and oxygen atoms in total. The van der Waals surface area contributed by atoms with E-state index in [4.69, 9.17) is 4.74 Å². The van der Waals surface area contributed by atoms with Crippen LogP contribution in [0.1, 0.15) is 21.7 Å². The third kappa shape index (κ3) is 3.16. The third-order valence-electron chi connectivity index (χ3n) is 3.72. The van der Waals surface area contributed by atoms with E-state index in [2.05, 4.69) is 4.98 Å². The largest absolute Gasteiger partial charge is 0.469 e. The Kier molecular flexibility index (Phi) is 4.61. The second kappa shape index (κ2) is 6.84. The predicted octanol–water partition coefficient (Wildman–Crippen LogP) is 2.91. The van der Waals surface area contributed by atoms with Crippen LogP contribution in [0.2, 0.25) is 0 Å². The van der Waals surface area contributed by atoms with E-state index in [-0.39, 0.29) is 24.8 Å². The lowest BCUT2D eigenvalue weighted by Gasteiger charge is -2.23. The van der Waals surface area contributed by atoms with E-state index in [0.29, 0.717) is 4.88 Å². The van der Waals surface area contributed by atoms with Gasteiger partial charge in [0.2, 0.25) is 0 Å². The summed E-state index contributed by atoms with van der Waals surface area (Å²) in [7, 11) is 1.34. The SMILES string of the molecule is COC(=O)CCN(C(=O)c1cn2ccnc2s1)c1ccccc1C. The summed E-state index contributed by atoms with van der Waals surface area (Å²) in [5, 5.41) is 0. The molecule has 0 unspecified atom stereocenters. The number of carbonyl (C=O) groups excluding carboxylic acids is 2. The van der Waals surface area contributed by atoms with Gasteiger partial charge in [-0.25, -0.2) is 4.98 Å². The molecule has 2 aromatic heterocycles. The first kappa shape index (κ1) is 16.2. The Balaban J connectivity index is 1.93. The maximum absolute atomic E-state index is 13.0. The minimum atomic E-state index is -0.345. The van der Waals surface area contributed by atoms with Gasteiger partial charge in [-0.1, -0.05) is 29.5 Å². The fraction of sp³-hybridized carbons (Fsp3) is 0.235. The molecule has 3 aromatic rings. The van der Waals surface area contributed by atoms with Gasteiger partial charge in [-0.05, 0) is 18.6 Å². The second-order valence-electron chi connectivity index (χ2n) is 5.28. The van der Waals surface area contributed by atoms with Crippen molar-refractivity contribution in [3.63, 3.8) is 0 Å². The van der Waals surface area contributed by atoms with Gasteiger partial charge in [0.25, 0.3) is 5.91 Å². The lowest BCUT2D eigenvalue weighted by Crippen LogP contribution is -2.33. The molecule has 0 saturated heterocycles. The highest BCUT2D eigenvalue weighted by molar-refractivity contribution is 7.19. The molecule has 24 heavy (non-hydrogen) atoms. The van der Waals surface area contributed by atoms with Crippen molar-refractivity contribution in [1.29, 1.82) is 0 Å². The van der Waals surface area contributed by atoms with Gasteiger partial charge in [-0.3, -0.25) is 14.0 Å². The van der Waals surface area contributed by atoms with Crippen molar-refractivity contribution in [1.82, 2.24) is 9.38 Å². The predicted molar refractivity (Wildman–Crippen MR) is 92.6 cm³/mol. The standard InChI is InChI=1S/C17H17N3O3S/c1-12-5-3-4-6-13(12)20(9-7-15(21)23-2)16(22)14-11-19-10-8-18-17(19)24-14/h3-6,8,10-11H,7,9H2,1-2H3. The van der Waals surface area contributed by atoms with Crippen molar-refractivity contribution in [3.05, 3.63) is 53.3 Å². The summed E-state index contributed by atoms with van der Waals surface area (Å²) in [5.41, 5.74) is 1.76. The minimum absolute atomic E-state index is 0.138. The fourth-order valence-corrected chi connectivity index (χ4v) is 3.36. The number of rotatable bonds is 5. The Morgan fingerprint density at radius 3 is 2.83 bits per heavy atom. The molecule has 0 N–H and O–H groups in total. The molecule has 0 fully saturated rings. The van der Waals surface area contributed by atoms with Gasteiger partial charge in [-0.15, -0.1) is 0 Å². The first-order valence-electron chi connectivity index (χ1n) is 7.47. The molecule has 124 valence electrons. The number of anilines is 1. The highest BCUT2D eigenvalue weighted by atomic mass is 32.1. The van der Waals surface area contributed by atoms with Crippen molar-refractivity contribution in [2.45, 2.75) is 13.3 Å². The average Bonchev–Trinajstić information content (AvgIpc) is 3.17. The van der Waals surface area contributed by atoms with Crippen LogP contribution in [0.25, 0.3) is 4.96 Å². The Morgan fingerprint density at radius 1 is 1.33 bits per heavy atom. The average molecular weight is 343 g/mol. The maximum Gasteiger partial charge on any atom is 0.307 e. The van der Waals surface area contributed by atoms with Gasteiger partial charge in [-0.2, -0.15) is 0 Å². The van der Waals surface area contributed by atoms with Crippen molar-refractivity contribution >= 4 is 33.9 Å². The zero-order valence-electron chi connectivity index (χ0n) is 13.4. The summed E-state index contributed by atoms with van der Waals surface area (Å²) in [5.74, 6) is -0.494. The Bertz CT molecular complexity index is 855. The molecular formula is C17H17N3O3S.